The van der Waals surface area contributed by atoms with Crippen LogP contribution in [0.25, 0.3) is 38.9 Å². The largest absolute Gasteiger partial charge is 0.387 e. The summed E-state index contributed by atoms with van der Waals surface area (Å²) in [6, 6.07) is 9.55. The van der Waals surface area contributed by atoms with Crippen LogP contribution in [0, 0.1) is 6.92 Å². The second kappa shape index (κ2) is 8.89. The van der Waals surface area contributed by atoms with Crippen LogP contribution < -0.4 is 0 Å². The Kier molecular flexibility index (Phi) is 5.67. The Morgan fingerprint density at radius 1 is 1.17 bits per heavy atom. The summed E-state index contributed by atoms with van der Waals surface area (Å²) >= 11 is 13.0. The highest BCUT2D eigenvalue weighted by Gasteiger charge is 2.27. The van der Waals surface area contributed by atoms with Crippen LogP contribution >= 0.6 is 23.2 Å². The third-order valence-corrected chi connectivity index (χ3v) is 7.48. The molecule has 0 radical (unpaired) electrons. The van der Waals surface area contributed by atoms with Crippen LogP contribution in [0.5, 0.6) is 0 Å². The number of aliphatic hydroxyl groups is 1. The molecule has 1 atom stereocenters. The van der Waals surface area contributed by atoms with Gasteiger partial charge < -0.3 is 14.4 Å². The van der Waals surface area contributed by atoms with E-state index in [1.165, 1.54) is 0 Å². The van der Waals surface area contributed by atoms with Crippen LogP contribution in [-0.2, 0) is 4.79 Å². The molecular weight excluding hydrogens is 499 g/mol. The molecule has 0 bridgehead atoms. The maximum atomic E-state index is 11.8. The normalized spacial score (nSPS) is 15.9. The molecule has 1 N–H and O–H groups in total. The molecule has 1 aromatic carbocycles. The minimum absolute atomic E-state index is 0.0762. The molecule has 1 fully saturated rings. The summed E-state index contributed by atoms with van der Waals surface area (Å²) in [6.45, 7) is 2.68. The monoisotopic (exact) mass is 520 g/mol. The van der Waals surface area contributed by atoms with Gasteiger partial charge >= 0.3 is 0 Å². The zero-order valence-electron chi connectivity index (χ0n) is 19.4. The van der Waals surface area contributed by atoms with Crippen molar-refractivity contribution < 1.29 is 9.90 Å². The predicted molar refractivity (Wildman–Crippen MR) is 139 cm³/mol. The fourth-order valence-corrected chi connectivity index (χ4v) is 5.48. The van der Waals surface area contributed by atoms with Crippen molar-refractivity contribution in [3.05, 3.63) is 70.9 Å². The van der Waals surface area contributed by atoms with Gasteiger partial charge in [0.25, 0.3) is 0 Å². The molecule has 1 amide bonds. The number of imidazole rings is 1. The molecule has 4 aromatic heterocycles. The first-order chi connectivity index (χ1) is 17.4. The quantitative estimate of drug-likeness (QED) is 0.367. The van der Waals surface area contributed by atoms with Crippen molar-refractivity contribution in [3.8, 4) is 22.4 Å². The Bertz CT molecular complexity index is 1620. The zero-order valence-corrected chi connectivity index (χ0v) is 20.9. The first-order valence-corrected chi connectivity index (χ1v) is 12.3. The number of rotatable bonds is 4. The first-order valence-electron chi connectivity index (χ1n) is 11.6. The number of nitrogens with zero attached hydrogens (tertiary/aromatic N) is 6. The Morgan fingerprint density at radius 2 is 1.97 bits per heavy atom. The maximum absolute atomic E-state index is 11.8. The summed E-state index contributed by atoms with van der Waals surface area (Å²) < 4.78 is 3.92. The molecule has 6 rings (SSSR count). The number of likely N-dealkylation sites (tertiary alicyclic amines) is 1. The molecule has 5 heterocycles. The number of carbonyl (C=O) groups excluding carboxylic acids is 1. The van der Waals surface area contributed by atoms with Crippen LogP contribution in [0.2, 0.25) is 10.0 Å². The predicted octanol–water partition coefficient (Wildman–Crippen LogP) is 4.79. The number of hydrogen-bond acceptors (Lipinski definition) is 5. The fourth-order valence-electron chi connectivity index (χ4n) is 4.91. The summed E-state index contributed by atoms with van der Waals surface area (Å²) in [6.07, 6.45) is 8.37. The van der Waals surface area contributed by atoms with E-state index in [9.17, 15) is 4.79 Å². The molecule has 1 unspecified atom stereocenters. The van der Waals surface area contributed by atoms with Crippen molar-refractivity contribution in [1.29, 1.82) is 0 Å². The van der Waals surface area contributed by atoms with E-state index in [0.717, 1.165) is 45.5 Å². The van der Waals surface area contributed by atoms with E-state index in [0.29, 0.717) is 28.7 Å². The highest BCUT2D eigenvalue weighted by atomic mass is 35.5. The second-order valence-electron chi connectivity index (χ2n) is 8.96. The topological polar surface area (TPSA) is 88.5 Å². The molecule has 10 heteroatoms. The van der Waals surface area contributed by atoms with Crippen molar-refractivity contribution in [2.24, 2.45) is 0 Å². The van der Waals surface area contributed by atoms with Crippen LogP contribution in [0.4, 0.5) is 0 Å². The van der Waals surface area contributed by atoms with Crippen LogP contribution in [-0.4, -0.2) is 59.8 Å². The summed E-state index contributed by atoms with van der Waals surface area (Å²) in [5.74, 6) is -0.250. The molecular formula is C26H22Cl2N6O2. The third-order valence-electron chi connectivity index (χ3n) is 6.85. The van der Waals surface area contributed by atoms with Gasteiger partial charge in [-0.15, -0.1) is 0 Å². The van der Waals surface area contributed by atoms with Crippen LogP contribution in [0.15, 0.2) is 55.1 Å². The molecule has 0 spiro atoms. The van der Waals surface area contributed by atoms with Crippen molar-refractivity contribution in [2.75, 3.05) is 19.7 Å². The number of pyridine rings is 2. The van der Waals surface area contributed by atoms with Crippen molar-refractivity contribution in [2.45, 2.75) is 19.4 Å². The lowest BCUT2D eigenvalue weighted by Crippen LogP contribution is -2.31. The molecule has 0 aliphatic carbocycles. The molecule has 8 nitrogen and oxygen atoms in total. The van der Waals surface area contributed by atoms with E-state index in [1.54, 1.807) is 4.90 Å². The number of carbonyl (C=O) groups is 1. The number of benzene rings is 1. The molecule has 36 heavy (non-hydrogen) atoms. The van der Waals surface area contributed by atoms with E-state index < -0.39 is 6.61 Å². The number of amides is 1. The zero-order chi connectivity index (χ0) is 25.0. The number of hydrogen-bond donors (Lipinski definition) is 1. The summed E-state index contributed by atoms with van der Waals surface area (Å²) in [7, 11) is 0. The molecule has 0 saturated carbocycles. The number of aliphatic hydroxyl groups excluding tert-OH is 1. The van der Waals surface area contributed by atoms with Gasteiger partial charge in [0.15, 0.2) is 0 Å². The van der Waals surface area contributed by atoms with Gasteiger partial charge in [0.2, 0.25) is 5.91 Å². The van der Waals surface area contributed by atoms with Gasteiger partial charge in [-0.1, -0.05) is 29.3 Å². The Hall–Kier alpha value is -3.46. The number of fused-ring (bicyclic) bond motifs is 3. The van der Waals surface area contributed by atoms with Crippen molar-refractivity contribution in [1.82, 2.24) is 29.0 Å². The molecule has 1 saturated heterocycles. The Morgan fingerprint density at radius 3 is 2.75 bits per heavy atom. The molecule has 1 aliphatic rings. The smallest absolute Gasteiger partial charge is 0.248 e. The van der Waals surface area contributed by atoms with Gasteiger partial charge in [0.1, 0.15) is 12.3 Å². The highest BCUT2D eigenvalue weighted by Crippen LogP contribution is 2.37. The molecule has 1 aliphatic heterocycles. The van der Waals surface area contributed by atoms with E-state index in [1.807, 2.05) is 65.1 Å². The van der Waals surface area contributed by atoms with E-state index >= 15 is 0 Å². The SMILES string of the molecule is Cc1c(-c2c(Cl)cccc2Cl)nc2c3cc(-c4cnn(C5CCN(C(=O)CO)C5)c4)cnc3ccn12. The van der Waals surface area contributed by atoms with Crippen LogP contribution in [0.3, 0.4) is 0 Å². The van der Waals surface area contributed by atoms with Crippen molar-refractivity contribution >= 4 is 45.7 Å². The van der Waals surface area contributed by atoms with Crippen LogP contribution in [0.1, 0.15) is 18.2 Å². The molecule has 5 aromatic rings. The van der Waals surface area contributed by atoms with E-state index in [2.05, 4.69) is 16.1 Å². The van der Waals surface area contributed by atoms with Gasteiger partial charge in [-0.05, 0) is 37.6 Å². The number of aromatic nitrogens is 5. The average Bonchev–Trinajstić information content (AvgIpc) is 3.63. The third kappa shape index (κ3) is 3.73. The van der Waals surface area contributed by atoms with Gasteiger partial charge in [-0.25, -0.2) is 4.98 Å². The lowest BCUT2D eigenvalue weighted by atomic mass is 10.1. The standard InChI is InChI=1S/C26H22Cl2N6O2/c1-15-25(24-20(27)3-2-4-21(24)28)31-26-19-9-16(10-29-22(19)6-8-33(15)26)17-11-30-34(12-17)18-5-7-32(13-18)23(36)14-35/h2-4,6,8-12,18,35H,5,7,13-14H2,1H3. The van der Waals surface area contributed by atoms with Gasteiger partial charge in [-0.2, -0.15) is 5.10 Å². The minimum Gasteiger partial charge on any atom is -0.387 e. The Labute approximate surface area is 216 Å². The summed E-state index contributed by atoms with van der Waals surface area (Å²) in [5.41, 5.74) is 5.83. The lowest BCUT2D eigenvalue weighted by Gasteiger charge is -2.15. The van der Waals surface area contributed by atoms with Gasteiger partial charge in [-0.3, -0.25) is 14.5 Å². The van der Waals surface area contributed by atoms with E-state index in [-0.39, 0.29) is 11.9 Å². The number of aryl methyl sites for hydroxylation is 1. The van der Waals surface area contributed by atoms with Gasteiger partial charge in [0, 0.05) is 59.5 Å². The highest BCUT2D eigenvalue weighted by molar-refractivity contribution is 6.39. The Balaban J connectivity index is 1.40. The van der Waals surface area contributed by atoms with Crippen molar-refractivity contribution in [3.63, 3.8) is 0 Å². The number of halogens is 2. The first kappa shape index (κ1) is 23.0. The summed E-state index contributed by atoms with van der Waals surface area (Å²) in [4.78, 5) is 23.1. The maximum Gasteiger partial charge on any atom is 0.248 e. The second-order valence-corrected chi connectivity index (χ2v) is 9.77. The van der Waals surface area contributed by atoms with E-state index in [4.69, 9.17) is 33.3 Å². The lowest BCUT2D eigenvalue weighted by molar-refractivity contribution is -0.133. The molecule has 182 valence electrons. The fraction of sp³-hybridized carbons (Fsp3) is 0.231. The minimum atomic E-state index is -0.466. The average molecular weight is 521 g/mol. The summed E-state index contributed by atoms with van der Waals surface area (Å²) in [5, 5.41) is 15.7. The van der Waals surface area contributed by atoms with Gasteiger partial charge in [0.05, 0.1) is 33.5 Å².